The molecule has 0 saturated carbocycles. The molecular weight excluding hydrogens is 396 g/mol. The van der Waals surface area contributed by atoms with E-state index in [-0.39, 0.29) is 0 Å². The first-order chi connectivity index (χ1) is 15.6. The standard InChI is InChI=1S/C28H26N2O2/c1-4-31-26-16-21(13-14-25(26)32-17-22-15-18(2)11-12-19(22)3)28-29-23-9-5-7-20-8-6-10-24(30-28)27(20)23/h5-16H,4,17H2,1-3H3,(H,29,30). The summed E-state index contributed by atoms with van der Waals surface area (Å²) in [5, 5.41) is 5.82. The Morgan fingerprint density at radius 2 is 1.69 bits per heavy atom. The molecule has 32 heavy (non-hydrogen) atoms. The number of hydrogen-bond donors (Lipinski definition) is 1. The first-order valence-electron chi connectivity index (χ1n) is 11.0. The fourth-order valence-corrected chi connectivity index (χ4v) is 4.09. The minimum absolute atomic E-state index is 0.501. The van der Waals surface area contributed by atoms with Crippen LogP contribution in [0.2, 0.25) is 0 Å². The summed E-state index contributed by atoms with van der Waals surface area (Å²) in [5.74, 6) is 2.26. The van der Waals surface area contributed by atoms with Gasteiger partial charge < -0.3 is 14.8 Å². The highest BCUT2D eigenvalue weighted by molar-refractivity contribution is 6.19. The topological polar surface area (TPSA) is 42.8 Å². The van der Waals surface area contributed by atoms with Crippen LogP contribution in [0.3, 0.4) is 0 Å². The number of benzene rings is 4. The molecule has 0 bridgehead atoms. The lowest BCUT2D eigenvalue weighted by Gasteiger charge is -2.20. The van der Waals surface area contributed by atoms with Crippen LogP contribution < -0.4 is 14.8 Å². The Bertz CT molecular complexity index is 1340. The lowest BCUT2D eigenvalue weighted by Crippen LogP contribution is -2.16. The van der Waals surface area contributed by atoms with Crippen LogP contribution in [0.15, 0.2) is 77.8 Å². The highest BCUT2D eigenvalue weighted by Crippen LogP contribution is 2.37. The van der Waals surface area contributed by atoms with Gasteiger partial charge in [0.15, 0.2) is 11.5 Å². The monoisotopic (exact) mass is 422 g/mol. The molecule has 0 unspecified atom stereocenters. The number of aryl methyl sites for hydroxylation is 2. The summed E-state index contributed by atoms with van der Waals surface area (Å²) >= 11 is 0. The van der Waals surface area contributed by atoms with E-state index in [0.29, 0.717) is 13.2 Å². The van der Waals surface area contributed by atoms with E-state index in [1.165, 1.54) is 22.1 Å². The average Bonchev–Trinajstić information content (AvgIpc) is 2.81. The van der Waals surface area contributed by atoms with Gasteiger partial charge in [0, 0.05) is 16.6 Å². The number of rotatable bonds is 6. The number of ether oxygens (including phenoxy) is 2. The molecule has 160 valence electrons. The van der Waals surface area contributed by atoms with Crippen LogP contribution in [0.25, 0.3) is 10.8 Å². The normalized spacial score (nSPS) is 12.3. The molecule has 1 aliphatic heterocycles. The Hall–Kier alpha value is -3.79. The fraction of sp³-hybridized carbons (Fsp3) is 0.179. The van der Waals surface area contributed by atoms with E-state index in [1.54, 1.807) is 0 Å². The first kappa shape index (κ1) is 20.1. The van der Waals surface area contributed by atoms with E-state index in [9.17, 15) is 0 Å². The van der Waals surface area contributed by atoms with E-state index < -0.39 is 0 Å². The van der Waals surface area contributed by atoms with Crippen molar-refractivity contribution in [1.82, 2.24) is 0 Å². The van der Waals surface area contributed by atoms with Crippen molar-refractivity contribution in [3.63, 3.8) is 0 Å². The largest absolute Gasteiger partial charge is 0.490 e. The molecule has 1 N–H and O–H groups in total. The van der Waals surface area contributed by atoms with E-state index in [1.807, 2.05) is 31.2 Å². The van der Waals surface area contributed by atoms with E-state index in [4.69, 9.17) is 14.5 Å². The summed E-state index contributed by atoms with van der Waals surface area (Å²) in [6.45, 7) is 7.25. The summed E-state index contributed by atoms with van der Waals surface area (Å²) in [5.41, 5.74) is 6.63. The Kier molecular flexibility index (Phi) is 5.28. The maximum atomic E-state index is 6.17. The van der Waals surface area contributed by atoms with Crippen molar-refractivity contribution in [1.29, 1.82) is 0 Å². The molecule has 5 rings (SSSR count). The second-order valence-electron chi connectivity index (χ2n) is 8.08. The van der Waals surface area contributed by atoms with Crippen LogP contribution in [0.1, 0.15) is 29.2 Å². The molecule has 0 saturated heterocycles. The van der Waals surface area contributed by atoms with Crippen molar-refractivity contribution in [2.45, 2.75) is 27.4 Å². The van der Waals surface area contributed by atoms with Crippen LogP contribution in [-0.2, 0) is 6.61 Å². The average molecular weight is 423 g/mol. The second kappa shape index (κ2) is 8.39. The minimum atomic E-state index is 0.501. The zero-order chi connectivity index (χ0) is 22.1. The van der Waals surface area contributed by atoms with Gasteiger partial charge in [0.2, 0.25) is 0 Å². The van der Waals surface area contributed by atoms with Gasteiger partial charge in [-0.3, -0.25) is 0 Å². The summed E-state index contributed by atoms with van der Waals surface area (Å²) in [4.78, 5) is 4.89. The molecule has 0 spiro atoms. The predicted molar refractivity (Wildman–Crippen MR) is 132 cm³/mol. The van der Waals surface area contributed by atoms with Crippen LogP contribution in [0.4, 0.5) is 11.4 Å². The van der Waals surface area contributed by atoms with Gasteiger partial charge in [0.1, 0.15) is 12.4 Å². The van der Waals surface area contributed by atoms with Gasteiger partial charge in [0.05, 0.1) is 12.3 Å². The third-order valence-electron chi connectivity index (χ3n) is 5.77. The number of nitrogens with zero attached hydrogens (tertiary/aromatic N) is 1. The third-order valence-corrected chi connectivity index (χ3v) is 5.77. The molecule has 4 aromatic rings. The van der Waals surface area contributed by atoms with Gasteiger partial charge >= 0.3 is 0 Å². The van der Waals surface area contributed by atoms with Gasteiger partial charge in [-0.15, -0.1) is 0 Å². The number of anilines is 1. The Balaban J connectivity index is 1.46. The van der Waals surface area contributed by atoms with Crippen molar-refractivity contribution in [2.75, 3.05) is 11.9 Å². The molecule has 1 aliphatic rings. The van der Waals surface area contributed by atoms with Crippen LogP contribution in [0, 0.1) is 13.8 Å². The molecule has 4 heteroatoms. The maximum absolute atomic E-state index is 6.17. The molecule has 4 nitrogen and oxygen atoms in total. The highest BCUT2D eigenvalue weighted by atomic mass is 16.5. The molecule has 0 aromatic heterocycles. The van der Waals surface area contributed by atoms with E-state index >= 15 is 0 Å². The minimum Gasteiger partial charge on any atom is -0.490 e. The number of amidine groups is 1. The van der Waals surface area contributed by atoms with Gasteiger partial charge in [-0.2, -0.15) is 0 Å². The van der Waals surface area contributed by atoms with Crippen molar-refractivity contribution in [2.24, 2.45) is 4.99 Å². The number of nitrogens with one attached hydrogen (secondary N) is 1. The zero-order valence-corrected chi connectivity index (χ0v) is 18.6. The molecule has 0 radical (unpaired) electrons. The summed E-state index contributed by atoms with van der Waals surface area (Å²) < 4.78 is 12.1. The fourth-order valence-electron chi connectivity index (χ4n) is 4.09. The van der Waals surface area contributed by atoms with Crippen LogP contribution >= 0.6 is 0 Å². The predicted octanol–water partition coefficient (Wildman–Crippen LogP) is 6.94. The molecule has 1 heterocycles. The molecule has 0 aliphatic carbocycles. The lowest BCUT2D eigenvalue weighted by atomic mass is 10.0. The van der Waals surface area contributed by atoms with Crippen LogP contribution in [0.5, 0.6) is 11.5 Å². The lowest BCUT2D eigenvalue weighted by molar-refractivity contribution is 0.269. The quantitative estimate of drug-likeness (QED) is 0.366. The van der Waals surface area contributed by atoms with Crippen molar-refractivity contribution in [3.8, 4) is 11.5 Å². The molecule has 0 amide bonds. The van der Waals surface area contributed by atoms with Gasteiger partial charge in [-0.1, -0.05) is 48.0 Å². The van der Waals surface area contributed by atoms with Gasteiger partial charge in [-0.05, 0) is 67.6 Å². The van der Waals surface area contributed by atoms with Gasteiger partial charge in [0.25, 0.3) is 0 Å². The highest BCUT2D eigenvalue weighted by Gasteiger charge is 2.17. The van der Waals surface area contributed by atoms with Crippen molar-refractivity contribution >= 4 is 28.0 Å². The Morgan fingerprint density at radius 3 is 2.53 bits per heavy atom. The molecule has 0 atom stereocenters. The summed E-state index contributed by atoms with van der Waals surface area (Å²) in [6, 6.07) is 24.9. The number of aliphatic imine (C=N–C) groups is 1. The first-order valence-corrected chi connectivity index (χ1v) is 11.0. The van der Waals surface area contributed by atoms with Gasteiger partial charge in [-0.25, -0.2) is 4.99 Å². The second-order valence-corrected chi connectivity index (χ2v) is 8.08. The van der Waals surface area contributed by atoms with Crippen molar-refractivity contribution in [3.05, 3.63) is 95.1 Å². The maximum Gasteiger partial charge on any atom is 0.161 e. The number of hydrogen-bond acceptors (Lipinski definition) is 4. The molecule has 4 aromatic carbocycles. The Labute approximate surface area is 188 Å². The zero-order valence-electron chi connectivity index (χ0n) is 18.6. The van der Waals surface area contributed by atoms with Crippen LogP contribution in [-0.4, -0.2) is 12.4 Å². The molecule has 0 fully saturated rings. The summed E-state index contributed by atoms with van der Waals surface area (Å²) in [6.07, 6.45) is 0. The SMILES string of the molecule is CCOc1cc(C2=Nc3cccc4cccc(c34)N2)ccc1OCc1cc(C)ccc1C. The Morgan fingerprint density at radius 1 is 0.844 bits per heavy atom. The molecular formula is C28H26N2O2. The smallest absolute Gasteiger partial charge is 0.161 e. The van der Waals surface area contributed by atoms with E-state index in [0.717, 1.165) is 39.7 Å². The third kappa shape index (κ3) is 3.80. The van der Waals surface area contributed by atoms with E-state index in [2.05, 4.69) is 67.7 Å². The summed E-state index contributed by atoms with van der Waals surface area (Å²) in [7, 11) is 0. The van der Waals surface area contributed by atoms with Crippen molar-refractivity contribution < 1.29 is 9.47 Å².